The summed E-state index contributed by atoms with van der Waals surface area (Å²) in [6, 6.07) is 12.3. The molecule has 2 unspecified atom stereocenters. The molecule has 232 valence electrons. The number of likely N-dealkylation sites (tertiary alicyclic amines) is 1. The molecule has 3 fully saturated rings. The molecule has 3 saturated heterocycles. The maximum absolute atomic E-state index is 14.4. The first-order chi connectivity index (χ1) is 20.7. The van der Waals surface area contributed by atoms with E-state index >= 15 is 0 Å². The van der Waals surface area contributed by atoms with E-state index in [0.29, 0.717) is 62.4 Å². The Morgan fingerprint density at radius 2 is 1.74 bits per heavy atom. The van der Waals surface area contributed by atoms with Crippen LogP contribution in [0.25, 0.3) is 0 Å². The van der Waals surface area contributed by atoms with Gasteiger partial charge in [0.25, 0.3) is 0 Å². The molecule has 0 radical (unpaired) electrons. The molecule has 9 nitrogen and oxygen atoms in total. The molecule has 9 heteroatoms. The first-order valence-electron chi connectivity index (χ1n) is 15.7. The molecule has 0 aromatic heterocycles. The summed E-state index contributed by atoms with van der Waals surface area (Å²) in [5, 5.41) is 15.3. The fourth-order valence-corrected chi connectivity index (χ4v) is 7.50. The van der Waals surface area contributed by atoms with Crippen molar-refractivity contribution in [3.05, 3.63) is 53.6 Å². The Labute approximate surface area is 254 Å². The number of aryl methyl sites for hydroxylation is 2. The Hall–Kier alpha value is -3.43. The van der Waals surface area contributed by atoms with Gasteiger partial charge in [0.2, 0.25) is 17.7 Å². The molecule has 0 saturated carbocycles. The lowest BCUT2D eigenvalue weighted by molar-refractivity contribution is -0.144. The van der Waals surface area contributed by atoms with E-state index in [1.54, 1.807) is 29.2 Å². The number of anilines is 2. The van der Waals surface area contributed by atoms with E-state index in [1.165, 1.54) is 0 Å². The van der Waals surface area contributed by atoms with Gasteiger partial charge in [0.1, 0.15) is 17.4 Å². The van der Waals surface area contributed by atoms with Gasteiger partial charge in [-0.15, -0.1) is 0 Å². The number of carbonyl (C=O) groups is 3. The topological polar surface area (TPSA) is 117 Å². The van der Waals surface area contributed by atoms with Crippen molar-refractivity contribution in [3.8, 4) is 5.75 Å². The van der Waals surface area contributed by atoms with E-state index in [1.807, 2.05) is 45.9 Å². The molecule has 3 aliphatic rings. The summed E-state index contributed by atoms with van der Waals surface area (Å²) in [5.41, 5.74) is 1.38. The Morgan fingerprint density at radius 3 is 2.44 bits per heavy atom. The number of nitrogens with zero attached hydrogens (tertiary/aromatic N) is 1. The van der Waals surface area contributed by atoms with Crippen molar-refractivity contribution in [2.45, 2.75) is 89.9 Å². The lowest BCUT2D eigenvalue weighted by Crippen LogP contribution is -2.53. The van der Waals surface area contributed by atoms with E-state index in [2.05, 4.69) is 10.6 Å². The van der Waals surface area contributed by atoms with Gasteiger partial charge < -0.3 is 30.1 Å². The van der Waals surface area contributed by atoms with Crippen molar-refractivity contribution in [1.82, 2.24) is 4.90 Å². The van der Waals surface area contributed by atoms with Gasteiger partial charge in [-0.2, -0.15) is 0 Å². The van der Waals surface area contributed by atoms with E-state index < -0.39 is 29.1 Å². The summed E-state index contributed by atoms with van der Waals surface area (Å²) < 4.78 is 12.4. The van der Waals surface area contributed by atoms with Gasteiger partial charge in [-0.1, -0.05) is 31.9 Å². The summed E-state index contributed by atoms with van der Waals surface area (Å²) in [7, 11) is 0. The molecule has 5 atom stereocenters. The zero-order chi connectivity index (χ0) is 30.8. The second-order valence-corrected chi connectivity index (χ2v) is 12.3. The number of amides is 3. The summed E-state index contributed by atoms with van der Waals surface area (Å²) in [6.45, 7) is 8.90. The second-order valence-electron chi connectivity index (χ2n) is 12.3. The van der Waals surface area contributed by atoms with Crippen LogP contribution in [0.4, 0.5) is 11.4 Å². The number of hydrogen-bond acceptors (Lipinski definition) is 6. The van der Waals surface area contributed by atoms with Crippen LogP contribution in [-0.4, -0.2) is 64.7 Å². The van der Waals surface area contributed by atoms with Gasteiger partial charge in [-0.25, -0.2) is 0 Å². The fourth-order valence-electron chi connectivity index (χ4n) is 7.50. The number of nitrogens with one attached hydrogen (secondary N) is 2. The molecule has 43 heavy (non-hydrogen) atoms. The van der Waals surface area contributed by atoms with E-state index in [-0.39, 0.29) is 24.3 Å². The van der Waals surface area contributed by atoms with Gasteiger partial charge >= 0.3 is 0 Å². The third-order valence-corrected chi connectivity index (χ3v) is 9.60. The third-order valence-electron chi connectivity index (χ3n) is 9.60. The number of hydrogen-bond donors (Lipinski definition) is 3. The Balaban J connectivity index is 1.46. The maximum Gasteiger partial charge on any atom is 0.250 e. The zero-order valence-corrected chi connectivity index (χ0v) is 25.8. The van der Waals surface area contributed by atoms with Crippen LogP contribution in [0.5, 0.6) is 5.75 Å². The minimum absolute atomic E-state index is 0.132. The minimum atomic E-state index is -1.08. The van der Waals surface area contributed by atoms with Crippen LogP contribution in [-0.2, 0) is 19.1 Å². The summed E-state index contributed by atoms with van der Waals surface area (Å²) in [6.07, 6.45) is 4.77. The highest BCUT2D eigenvalue weighted by molar-refractivity contribution is 6.05. The number of fused-ring (bicyclic) bond motifs is 1. The average molecular weight is 592 g/mol. The second kappa shape index (κ2) is 12.7. The molecule has 3 amide bonds. The van der Waals surface area contributed by atoms with Gasteiger partial charge in [0, 0.05) is 24.5 Å². The van der Waals surface area contributed by atoms with Crippen molar-refractivity contribution in [1.29, 1.82) is 0 Å². The van der Waals surface area contributed by atoms with Crippen molar-refractivity contribution in [3.63, 3.8) is 0 Å². The summed E-state index contributed by atoms with van der Waals surface area (Å²) >= 11 is 0. The normalized spacial score (nSPS) is 27.3. The fraction of sp³-hybridized carbons (Fsp3) is 0.559. The maximum atomic E-state index is 14.4. The largest absolute Gasteiger partial charge is 0.494 e. The van der Waals surface area contributed by atoms with Crippen molar-refractivity contribution in [2.24, 2.45) is 11.8 Å². The zero-order valence-electron chi connectivity index (χ0n) is 25.8. The molecule has 1 spiro atoms. The molecule has 2 aromatic carbocycles. The first kappa shape index (κ1) is 31.0. The van der Waals surface area contributed by atoms with E-state index in [9.17, 15) is 19.5 Å². The number of ether oxygens (including phenoxy) is 2. The lowest BCUT2D eigenvalue weighted by Gasteiger charge is -2.34. The van der Waals surface area contributed by atoms with E-state index in [0.717, 1.165) is 24.0 Å². The van der Waals surface area contributed by atoms with Gasteiger partial charge in [0.05, 0.1) is 24.0 Å². The Morgan fingerprint density at radius 1 is 1.00 bits per heavy atom. The van der Waals surface area contributed by atoms with Crippen molar-refractivity contribution < 1.29 is 29.0 Å². The third kappa shape index (κ3) is 5.65. The average Bonchev–Trinajstić information content (AvgIpc) is 3.59. The molecule has 3 N–H and O–H groups in total. The molecular weight excluding hydrogens is 546 g/mol. The highest BCUT2D eigenvalue weighted by Gasteiger charge is 2.78. The van der Waals surface area contributed by atoms with Crippen LogP contribution in [0.15, 0.2) is 42.5 Å². The molecule has 3 heterocycles. The molecule has 2 bridgehead atoms. The number of aliphatic hydroxyl groups is 1. The van der Waals surface area contributed by atoms with Crippen LogP contribution >= 0.6 is 0 Å². The van der Waals surface area contributed by atoms with Crippen LogP contribution in [0.2, 0.25) is 0 Å². The van der Waals surface area contributed by atoms with E-state index in [4.69, 9.17) is 9.47 Å². The van der Waals surface area contributed by atoms with Crippen LogP contribution in [0, 0.1) is 25.7 Å². The molecule has 2 aromatic rings. The smallest absolute Gasteiger partial charge is 0.250 e. The number of aliphatic hydroxyl groups excluding tert-OH is 1. The predicted octanol–water partition coefficient (Wildman–Crippen LogP) is 4.99. The first-order valence-corrected chi connectivity index (χ1v) is 15.7. The van der Waals surface area contributed by atoms with Crippen molar-refractivity contribution in [2.75, 3.05) is 30.4 Å². The minimum Gasteiger partial charge on any atom is -0.494 e. The highest BCUT2D eigenvalue weighted by atomic mass is 16.5. The standard InChI is InChI=1S/C34H45N3O6/c1-5-33-17-18-34(43-33)28(27(33)30(39)35-24-13-15-25(16-14-24)42-6-2)32(41)37(19-9-7-8-10-20-38)29(34)31(40)36-26-21-22(3)11-12-23(26)4/h11-16,21,27-29,38H,5-10,17-20H2,1-4H3,(H,35,39)(H,36,40)/t27-,28-,29?,33+,34?/m0/s1. The molecule has 5 rings (SSSR count). The number of benzene rings is 2. The quantitative estimate of drug-likeness (QED) is 0.283. The SMILES string of the molecule is CCOc1ccc(NC(=O)[C@@H]2[C@H]3C(=O)N(CCCCCCO)C(C(=O)Nc4cc(C)ccc4C)C34CC[C@@]2(CC)O4)cc1. The van der Waals surface area contributed by atoms with Gasteiger partial charge in [-0.3, -0.25) is 14.4 Å². The van der Waals surface area contributed by atoms with Crippen LogP contribution in [0.3, 0.4) is 0 Å². The summed E-state index contributed by atoms with van der Waals surface area (Å²) in [4.78, 5) is 44.3. The number of carbonyl (C=O) groups excluding carboxylic acids is 3. The highest BCUT2D eigenvalue weighted by Crippen LogP contribution is 2.64. The molecule has 3 aliphatic heterocycles. The Kier molecular flexibility index (Phi) is 9.13. The molecule has 0 aliphatic carbocycles. The lowest BCUT2D eigenvalue weighted by atomic mass is 9.65. The summed E-state index contributed by atoms with van der Waals surface area (Å²) in [5.74, 6) is -1.49. The van der Waals surface area contributed by atoms with Gasteiger partial charge in [-0.05, 0) is 94.3 Å². The number of unbranched alkanes of at least 4 members (excludes halogenated alkanes) is 3. The number of rotatable bonds is 13. The molecular formula is C34H45N3O6. The monoisotopic (exact) mass is 591 g/mol. The predicted molar refractivity (Wildman–Crippen MR) is 165 cm³/mol. The van der Waals surface area contributed by atoms with Crippen LogP contribution in [0.1, 0.15) is 69.9 Å². The van der Waals surface area contributed by atoms with Gasteiger partial charge in [0.15, 0.2) is 0 Å². The van der Waals surface area contributed by atoms with Crippen LogP contribution < -0.4 is 15.4 Å². The van der Waals surface area contributed by atoms with Crippen molar-refractivity contribution >= 4 is 29.1 Å². The Bertz CT molecular complexity index is 1350.